The van der Waals surface area contributed by atoms with Gasteiger partial charge < -0.3 is 14.7 Å². The first-order valence-corrected chi connectivity index (χ1v) is 11.0. The molecule has 2 atom stereocenters. The third kappa shape index (κ3) is 3.85. The molecule has 2 aliphatic heterocycles. The monoisotopic (exact) mass is 413 g/mol. The summed E-state index contributed by atoms with van der Waals surface area (Å²) in [6.07, 6.45) is 5.49. The van der Waals surface area contributed by atoms with Crippen LogP contribution in [0.4, 0.5) is 5.95 Å². The number of anilines is 1. The van der Waals surface area contributed by atoms with E-state index in [1.165, 1.54) is 0 Å². The van der Waals surface area contributed by atoms with Gasteiger partial charge in [0.15, 0.2) is 0 Å². The van der Waals surface area contributed by atoms with Crippen molar-refractivity contribution in [1.29, 1.82) is 0 Å². The Labute approximate surface area is 175 Å². The highest BCUT2D eigenvalue weighted by molar-refractivity contribution is 7.08. The minimum atomic E-state index is -0.500. The summed E-state index contributed by atoms with van der Waals surface area (Å²) < 4.78 is 0. The Hall–Kier alpha value is -2.48. The SMILES string of the molecule is CN(C)C(=O)[C@]12CCCN(C(=O)Cc3ccsc3)C[C@H]1CN(c1ncccn1)C2. The molecular weight excluding hydrogens is 386 g/mol. The van der Waals surface area contributed by atoms with Gasteiger partial charge in [0.2, 0.25) is 17.8 Å². The summed E-state index contributed by atoms with van der Waals surface area (Å²) in [6.45, 7) is 2.60. The van der Waals surface area contributed by atoms with Crippen LogP contribution in [0, 0.1) is 11.3 Å². The molecule has 0 saturated carbocycles. The molecule has 0 unspecified atom stereocenters. The van der Waals surface area contributed by atoms with Crippen LogP contribution in [0.25, 0.3) is 0 Å². The molecule has 2 aromatic rings. The standard InChI is InChI=1S/C21H27N5O2S/c1-24(2)19(28)21-6-3-9-25(18(27)11-16-5-10-29-14-16)12-17(21)13-26(15-21)20-22-7-4-8-23-20/h4-5,7-8,10,14,17H,3,6,9,11-13,15H2,1-2H3/t17-,21-/m0/s1. The Morgan fingerprint density at radius 3 is 2.76 bits per heavy atom. The van der Waals surface area contributed by atoms with Crippen molar-refractivity contribution in [2.75, 3.05) is 45.2 Å². The maximum Gasteiger partial charge on any atom is 0.230 e. The Balaban J connectivity index is 1.58. The van der Waals surface area contributed by atoms with Gasteiger partial charge >= 0.3 is 0 Å². The largest absolute Gasteiger partial charge is 0.348 e. The number of carbonyl (C=O) groups excluding carboxylic acids is 2. The molecule has 7 nitrogen and oxygen atoms in total. The van der Waals surface area contributed by atoms with Gasteiger partial charge in [0.1, 0.15) is 0 Å². The number of rotatable bonds is 4. The molecule has 0 N–H and O–H groups in total. The summed E-state index contributed by atoms with van der Waals surface area (Å²) >= 11 is 1.61. The van der Waals surface area contributed by atoms with Gasteiger partial charge in [-0.05, 0) is 41.3 Å². The molecule has 2 fully saturated rings. The summed E-state index contributed by atoms with van der Waals surface area (Å²) in [5.41, 5.74) is 0.561. The maximum atomic E-state index is 13.3. The molecule has 4 heterocycles. The van der Waals surface area contributed by atoms with Crippen molar-refractivity contribution in [3.05, 3.63) is 40.8 Å². The fourth-order valence-corrected chi connectivity index (χ4v) is 5.41. The molecule has 0 spiro atoms. The van der Waals surface area contributed by atoms with Crippen LogP contribution in [-0.4, -0.2) is 71.9 Å². The summed E-state index contributed by atoms with van der Waals surface area (Å²) in [6, 6.07) is 3.80. The zero-order valence-electron chi connectivity index (χ0n) is 17.0. The molecular formula is C21H27N5O2S. The number of hydrogen-bond donors (Lipinski definition) is 0. The van der Waals surface area contributed by atoms with Crippen molar-refractivity contribution < 1.29 is 9.59 Å². The zero-order chi connectivity index (χ0) is 20.4. The zero-order valence-corrected chi connectivity index (χ0v) is 17.8. The molecule has 2 amide bonds. The Bertz CT molecular complexity index is 857. The lowest BCUT2D eigenvalue weighted by atomic mass is 9.74. The highest BCUT2D eigenvalue weighted by Crippen LogP contribution is 2.44. The number of nitrogens with zero attached hydrogens (tertiary/aromatic N) is 5. The molecule has 0 bridgehead atoms. The molecule has 2 aromatic heterocycles. The van der Waals surface area contributed by atoms with Gasteiger partial charge in [-0.25, -0.2) is 9.97 Å². The second-order valence-corrected chi connectivity index (χ2v) is 9.01. The quantitative estimate of drug-likeness (QED) is 0.766. The van der Waals surface area contributed by atoms with Crippen molar-refractivity contribution in [3.63, 3.8) is 0 Å². The molecule has 2 aliphatic rings. The van der Waals surface area contributed by atoms with Crippen LogP contribution in [0.3, 0.4) is 0 Å². The first-order valence-electron chi connectivity index (χ1n) is 10.0. The highest BCUT2D eigenvalue weighted by Gasteiger charge is 2.54. The highest BCUT2D eigenvalue weighted by atomic mass is 32.1. The number of amides is 2. The first-order chi connectivity index (χ1) is 14.0. The normalized spacial score (nSPS) is 24.1. The van der Waals surface area contributed by atoms with Crippen molar-refractivity contribution in [1.82, 2.24) is 19.8 Å². The average molecular weight is 414 g/mol. The number of hydrogen-bond acceptors (Lipinski definition) is 6. The second-order valence-electron chi connectivity index (χ2n) is 8.23. The Kier molecular flexibility index (Phi) is 5.54. The third-order valence-corrected chi connectivity index (χ3v) is 6.87. The predicted octanol–water partition coefficient (Wildman–Crippen LogP) is 1.91. The minimum absolute atomic E-state index is 0.0649. The lowest BCUT2D eigenvalue weighted by Crippen LogP contribution is -2.47. The van der Waals surface area contributed by atoms with E-state index >= 15 is 0 Å². The smallest absolute Gasteiger partial charge is 0.230 e. The molecule has 0 aromatic carbocycles. The first kappa shape index (κ1) is 19.8. The van der Waals surface area contributed by atoms with Crippen molar-refractivity contribution >= 4 is 29.1 Å². The third-order valence-electron chi connectivity index (χ3n) is 6.14. The minimum Gasteiger partial charge on any atom is -0.348 e. The van der Waals surface area contributed by atoms with Gasteiger partial charge in [-0.1, -0.05) is 0 Å². The van der Waals surface area contributed by atoms with Crippen LogP contribution in [0.2, 0.25) is 0 Å². The van der Waals surface area contributed by atoms with E-state index in [1.54, 1.807) is 34.7 Å². The summed E-state index contributed by atoms with van der Waals surface area (Å²) in [7, 11) is 3.64. The van der Waals surface area contributed by atoms with Gasteiger partial charge in [0.25, 0.3) is 0 Å². The van der Waals surface area contributed by atoms with E-state index in [4.69, 9.17) is 0 Å². The molecule has 154 valence electrons. The number of thiophene rings is 1. The van der Waals surface area contributed by atoms with E-state index in [0.717, 1.165) is 18.4 Å². The number of fused-ring (bicyclic) bond motifs is 1. The van der Waals surface area contributed by atoms with E-state index in [0.29, 0.717) is 38.5 Å². The van der Waals surface area contributed by atoms with Crippen LogP contribution in [-0.2, 0) is 16.0 Å². The Morgan fingerprint density at radius 1 is 1.28 bits per heavy atom. The van der Waals surface area contributed by atoms with E-state index < -0.39 is 5.41 Å². The number of aromatic nitrogens is 2. The van der Waals surface area contributed by atoms with E-state index in [-0.39, 0.29) is 17.7 Å². The van der Waals surface area contributed by atoms with Gasteiger partial charge in [-0.3, -0.25) is 9.59 Å². The molecule has 2 saturated heterocycles. The molecule has 29 heavy (non-hydrogen) atoms. The van der Waals surface area contributed by atoms with Crippen LogP contribution in [0.1, 0.15) is 18.4 Å². The van der Waals surface area contributed by atoms with Crippen LogP contribution in [0.15, 0.2) is 35.3 Å². The summed E-state index contributed by atoms with van der Waals surface area (Å²) in [4.78, 5) is 40.8. The molecule has 0 radical (unpaired) electrons. The Morgan fingerprint density at radius 2 is 2.07 bits per heavy atom. The average Bonchev–Trinajstić information content (AvgIpc) is 3.32. The lowest BCUT2D eigenvalue weighted by molar-refractivity contribution is -0.142. The second kappa shape index (κ2) is 8.10. The fourth-order valence-electron chi connectivity index (χ4n) is 4.74. The van der Waals surface area contributed by atoms with E-state index in [1.807, 2.05) is 35.8 Å². The predicted molar refractivity (Wildman–Crippen MR) is 113 cm³/mol. The molecule has 8 heteroatoms. The maximum absolute atomic E-state index is 13.3. The molecule has 0 aliphatic carbocycles. The fraction of sp³-hybridized carbons (Fsp3) is 0.524. The lowest BCUT2D eigenvalue weighted by Gasteiger charge is -2.34. The molecule has 4 rings (SSSR count). The summed E-state index contributed by atoms with van der Waals surface area (Å²) in [5, 5.41) is 4.03. The van der Waals surface area contributed by atoms with Gasteiger partial charge in [-0.2, -0.15) is 11.3 Å². The van der Waals surface area contributed by atoms with Gasteiger partial charge in [0, 0.05) is 58.6 Å². The van der Waals surface area contributed by atoms with Crippen LogP contribution in [0.5, 0.6) is 0 Å². The van der Waals surface area contributed by atoms with Crippen LogP contribution >= 0.6 is 11.3 Å². The number of carbonyl (C=O) groups is 2. The van der Waals surface area contributed by atoms with Crippen molar-refractivity contribution in [2.45, 2.75) is 19.3 Å². The van der Waals surface area contributed by atoms with Gasteiger partial charge in [-0.15, -0.1) is 0 Å². The van der Waals surface area contributed by atoms with Crippen LogP contribution < -0.4 is 4.90 Å². The summed E-state index contributed by atoms with van der Waals surface area (Å²) in [5.74, 6) is 1.01. The van der Waals surface area contributed by atoms with Gasteiger partial charge in [0.05, 0.1) is 11.8 Å². The van der Waals surface area contributed by atoms with E-state index in [2.05, 4.69) is 14.9 Å². The topological polar surface area (TPSA) is 69.6 Å². The number of likely N-dealkylation sites (tertiary alicyclic amines) is 1. The van der Waals surface area contributed by atoms with E-state index in [9.17, 15) is 9.59 Å². The van der Waals surface area contributed by atoms with Crippen molar-refractivity contribution in [2.24, 2.45) is 11.3 Å². The van der Waals surface area contributed by atoms with Crippen molar-refractivity contribution in [3.8, 4) is 0 Å².